The van der Waals surface area contributed by atoms with E-state index in [1.54, 1.807) is 0 Å². The minimum atomic E-state index is 0.488. The number of hydrogen-bond acceptors (Lipinski definition) is 6. The van der Waals surface area contributed by atoms with Crippen molar-refractivity contribution in [3.05, 3.63) is 30.0 Å². The summed E-state index contributed by atoms with van der Waals surface area (Å²) in [6.45, 7) is 9.08. The highest BCUT2D eigenvalue weighted by molar-refractivity contribution is 5.66. The van der Waals surface area contributed by atoms with Gasteiger partial charge in [-0.3, -0.25) is 9.58 Å². The maximum Gasteiger partial charge on any atom is 0.161 e. The molecule has 7 heteroatoms. The monoisotopic (exact) mass is 386 g/mol. The standard InChI is InChI=1S/C21H30N4O3/c1-16(25-6-10-26-11-7-25)13-22-14-18-15-24(2)23-21(18)17-4-5-19-20(12-17)28-9-3-8-27-19/h4-5,12,15-16,22H,3,6-11,13-14H2,1-2H3. The molecule has 1 aromatic carbocycles. The highest BCUT2D eigenvalue weighted by atomic mass is 16.5. The molecule has 0 amide bonds. The van der Waals surface area contributed by atoms with Crippen molar-refractivity contribution in [2.45, 2.75) is 25.9 Å². The molecular weight excluding hydrogens is 356 g/mol. The molecule has 0 aliphatic carbocycles. The molecule has 28 heavy (non-hydrogen) atoms. The van der Waals surface area contributed by atoms with Gasteiger partial charge in [0.25, 0.3) is 0 Å². The molecule has 2 aliphatic rings. The molecule has 1 saturated heterocycles. The molecular formula is C21H30N4O3. The summed E-state index contributed by atoms with van der Waals surface area (Å²) in [5, 5.41) is 8.30. The van der Waals surface area contributed by atoms with Crippen LogP contribution in [0.5, 0.6) is 11.5 Å². The highest BCUT2D eigenvalue weighted by Gasteiger charge is 2.18. The first kappa shape index (κ1) is 19.2. The zero-order valence-corrected chi connectivity index (χ0v) is 16.8. The fourth-order valence-corrected chi connectivity index (χ4v) is 3.78. The van der Waals surface area contributed by atoms with Crippen molar-refractivity contribution in [3.63, 3.8) is 0 Å². The number of nitrogens with one attached hydrogen (secondary N) is 1. The first-order chi connectivity index (χ1) is 13.7. The van der Waals surface area contributed by atoms with Crippen molar-refractivity contribution in [1.82, 2.24) is 20.0 Å². The van der Waals surface area contributed by atoms with Gasteiger partial charge in [0.15, 0.2) is 11.5 Å². The Morgan fingerprint density at radius 1 is 1.11 bits per heavy atom. The van der Waals surface area contributed by atoms with Crippen molar-refractivity contribution in [2.75, 3.05) is 46.1 Å². The van der Waals surface area contributed by atoms with Crippen LogP contribution in [-0.2, 0) is 18.3 Å². The lowest BCUT2D eigenvalue weighted by atomic mass is 10.1. The summed E-state index contributed by atoms with van der Waals surface area (Å²) in [7, 11) is 1.96. The van der Waals surface area contributed by atoms with Gasteiger partial charge in [-0.1, -0.05) is 0 Å². The fourth-order valence-electron chi connectivity index (χ4n) is 3.78. The zero-order chi connectivity index (χ0) is 19.3. The Balaban J connectivity index is 1.43. The van der Waals surface area contributed by atoms with E-state index in [-0.39, 0.29) is 0 Å². The molecule has 1 fully saturated rings. The summed E-state index contributed by atoms with van der Waals surface area (Å²) in [6.07, 6.45) is 2.99. The molecule has 1 aromatic heterocycles. The lowest BCUT2D eigenvalue weighted by molar-refractivity contribution is 0.0203. The van der Waals surface area contributed by atoms with Crippen molar-refractivity contribution in [1.29, 1.82) is 0 Å². The van der Waals surface area contributed by atoms with Crippen LogP contribution in [0.3, 0.4) is 0 Å². The van der Waals surface area contributed by atoms with Crippen molar-refractivity contribution >= 4 is 0 Å². The number of aryl methyl sites for hydroxylation is 1. The Kier molecular flexibility index (Phi) is 6.14. The largest absolute Gasteiger partial charge is 0.490 e. The smallest absolute Gasteiger partial charge is 0.161 e. The number of nitrogens with zero attached hydrogens (tertiary/aromatic N) is 3. The number of fused-ring (bicyclic) bond motifs is 1. The van der Waals surface area contributed by atoms with Gasteiger partial charge in [-0.2, -0.15) is 5.10 Å². The van der Waals surface area contributed by atoms with Crippen molar-refractivity contribution in [2.24, 2.45) is 7.05 Å². The predicted octanol–water partition coefficient (Wildman–Crippen LogP) is 2.06. The van der Waals surface area contributed by atoms with Gasteiger partial charge in [0.2, 0.25) is 0 Å². The summed E-state index contributed by atoms with van der Waals surface area (Å²) in [6, 6.07) is 6.59. The molecule has 2 aromatic rings. The third-order valence-electron chi connectivity index (χ3n) is 5.35. The van der Waals surface area contributed by atoms with E-state index < -0.39 is 0 Å². The summed E-state index contributed by atoms with van der Waals surface area (Å²) >= 11 is 0. The van der Waals surface area contributed by atoms with Gasteiger partial charge >= 0.3 is 0 Å². The third-order valence-corrected chi connectivity index (χ3v) is 5.35. The molecule has 0 saturated carbocycles. The molecule has 0 spiro atoms. The molecule has 0 bridgehead atoms. The zero-order valence-electron chi connectivity index (χ0n) is 16.8. The normalized spacial score (nSPS) is 18.6. The van der Waals surface area contributed by atoms with Crippen LogP contribution in [0.1, 0.15) is 18.9 Å². The molecule has 1 atom stereocenters. The molecule has 4 rings (SSSR count). The molecule has 0 radical (unpaired) electrons. The average molecular weight is 386 g/mol. The fraction of sp³-hybridized carbons (Fsp3) is 0.571. The average Bonchev–Trinajstić information content (AvgIpc) is 2.94. The van der Waals surface area contributed by atoms with Gasteiger partial charge in [-0.25, -0.2) is 0 Å². The number of aromatic nitrogens is 2. The van der Waals surface area contributed by atoms with E-state index in [2.05, 4.69) is 29.4 Å². The van der Waals surface area contributed by atoms with Crippen molar-refractivity contribution < 1.29 is 14.2 Å². The number of benzene rings is 1. The molecule has 1 N–H and O–H groups in total. The molecule has 2 aliphatic heterocycles. The Labute approximate surface area is 166 Å². The maximum atomic E-state index is 5.85. The lowest BCUT2D eigenvalue weighted by Gasteiger charge is -2.32. The lowest BCUT2D eigenvalue weighted by Crippen LogP contribution is -2.46. The van der Waals surface area contributed by atoms with E-state index in [0.717, 1.165) is 68.6 Å². The highest BCUT2D eigenvalue weighted by Crippen LogP contribution is 2.34. The van der Waals surface area contributed by atoms with Crippen molar-refractivity contribution in [3.8, 4) is 22.8 Å². The topological polar surface area (TPSA) is 60.8 Å². The van der Waals surface area contributed by atoms with E-state index in [1.807, 2.05) is 23.9 Å². The van der Waals surface area contributed by atoms with Gasteiger partial charge in [0.05, 0.1) is 32.1 Å². The van der Waals surface area contributed by atoms with Gasteiger partial charge in [0, 0.05) is 63.0 Å². The van der Waals surface area contributed by atoms with Crippen LogP contribution >= 0.6 is 0 Å². The Morgan fingerprint density at radius 2 is 1.89 bits per heavy atom. The van der Waals surface area contributed by atoms with E-state index in [0.29, 0.717) is 19.3 Å². The number of rotatable bonds is 6. The number of ether oxygens (including phenoxy) is 3. The van der Waals surface area contributed by atoms with Crippen LogP contribution in [0.15, 0.2) is 24.4 Å². The minimum absolute atomic E-state index is 0.488. The maximum absolute atomic E-state index is 5.85. The summed E-state index contributed by atoms with van der Waals surface area (Å²) < 4.78 is 18.9. The van der Waals surface area contributed by atoms with E-state index in [4.69, 9.17) is 19.3 Å². The first-order valence-electron chi connectivity index (χ1n) is 10.2. The first-order valence-corrected chi connectivity index (χ1v) is 10.2. The van der Waals surface area contributed by atoms with Crippen LogP contribution in [0.4, 0.5) is 0 Å². The predicted molar refractivity (Wildman–Crippen MR) is 108 cm³/mol. The SMILES string of the molecule is CC(CNCc1cn(C)nc1-c1ccc2c(c1)OCCCO2)N1CCOCC1. The van der Waals surface area contributed by atoms with Crippen LogP contribution < -0.4 is 14.8 Å². The second-order valence-corrected chi connectivity index (χ2v) is 7.52. The Morgan fingerprint density at radius 3 is 2.71 bits per heavy atom. The molecule has 7 nitrogen and oxygen atoms in total. The van der Waals surface area contributed by atoms with Crippen LogP contribution in [-0.4, -0.2) is 66.8 Å². The Hall–Kier alpha value is -2.09. The van der Waals surface area contributed by atoms with Gasteiger partial charge in [0.1, 0.15) is 0 Å². The van der Waals surface area contributed by atoms with E-state index in [1.165, 1.54) is 5.56 Å². The number of morpholine rings is 1. The van der Waals surface area contributed by atoms with E-state index >= 15 is 0 Å². The Bertz CT molecular complexity index is 786. The summed E-state index contributed by atoms with van der Waals surface area (Å²) in [5.74, 6) is 1.62. The quantitative estimate of drug-likeness (QED) is 0.820. The third kappa shape index (κ3) is 4.48. The van der Waals surface area contributed by atoms with Crippen LogP contribution in [0, 0.1) is 0 Å². The summed E-state index contributed by atoms with van der Waals surface area (Å²) in [5.41, 5.74) is 3.23. The van der Waals surface area contributed by atoms with Crippen LogP contribution in [0.25, 0.3) is 11.3 Å². The van der Waals surface area contributed by atoms with Gasteiger partial charge in [-0.05, 0) is 25.1 Å². The molecule has 1 unspecified atom stereocenters. The van der Waals surface area contributed by atoms with Crippen LogP contribution in [0.2, 0.25) is 0 Å². The second-order valence-electron chi connectivity index (χ2n) is 7.52. The number of hydrogen-bond donors (Lipinski definition) is 1. The second kappa shape index (κ2) is 8.94. The summed E-state index contributed by atoms with van der Waals surface area (Å²) in [4.78, 5) is 2.48. The molecule has 3 heterocycles. The van der Waals surface area contributed by atoms with Gasteiger partial charge in [-0.15, -0.1) is 0 Å². The molecule has 152 valence electrons. The minimum Gasteiger partial charge on any atom is -0.490 e. The van der Waals surface area contributed by atoms with Gasteiger partial charge < -0.3 is 19.5 Å². The van der Waals surface area contributed by atoms with E-state index in [9.17, 15) is 0 Å².